The van der Waals surface area contributed by atoms with Crippen LogP contribution in [0, 0.1) is 5.82 Å². The fourth-order valence-corrected chi connectivity index (χ4v) is 2.58. The summed E-state index contributed by atoms with van der Waals surface area (Å²) in [6.07, 6.45) is 0.576. The Morgan fingerprint density at radius 3 is 3.10 bits per heavy atom. The number of nitrogens with one attached hydrogen (secondary N) is 2. The number of carbonyl (C=O) groups is 1. The second-order valence-electron chi connectivity index (χ2n) is 4.36. The highest BCUT2D eigenvalue weighted by Crippen LogP contribution is 2.13. The largest absolute Gasteiger partial charge is 0.352 e. The molecule has 3 aromatic rings. The number of carbonyl (C=O) groups excluding carboxylic acids is 1. The number of H-pyrrole nitrogens is 1. The van der Waals surface area contributed by atoms with E-state index < -0.39 is 0 Å². The molecule has 6 heteroatoms. The molecule has 0 unspecified atom stereocenters. The van der Waals surface area contributed by atoms with Crippen molar-refractivity contribution in [2.75, 3.05) is 6.54 Å². The molecule has 0 radical (unpaired) electrons. The Bertz CT molecular complexity index is 736. The van der Waals surface area contributed by atoms with E-state index in [1.165, 1.54) is 23.5 Å². The Hall–Kier alpha value is -2.21. The van der Waals surface area contributed by atoms with E-state index in [4.69, 9.17) is 0 Å². The van der Waals surface area contributed by atoms with Crippen LogP contribution in [0.5, 0.6) is 0 Å². The van der Waals surface area contributed by atoms with Crippen LogP contribution in [0.2, 0.25) is 0 Å². The maximum absolute atomic E-state index is 13.1. The van der Waals surface area contributed by atoms with E-state index in [1.807, 2.05) is 5.38 Å². The minimum Gasteiger partial charge on any atom is -0.352 e. The summed E-state index contributed by atoms with van der Waals surface area (Å²) in [5, 5.41) is 6.49. The molecule has 0 atom stereocenters. The lowest BCUT2D eigenvalue weighted by Gasteiger charge is -2.01. The topological polar surface area (TPSA) is 57.8 Å². The molecule has 20 heavy (non-hydrogen) atoms. The van der Waals surface area contributed by atoms with Crippen LogP contribution in [0.1, 0.15) is 16.2 Å². The molecule has 4 nitrogen and oxygen atoms in total. The van der Waals surface area contributed by atoms with Gasteiger partial charge in [-0.1, -0.05) is 0 Å². The summed E-state index contributed by atoms with van der Waals surface area (Å²) in [7, 11) is 0. The van der Waals surface area contributed by atoms with Crippen LogP contribution in [0.3, 0.4) is 0 Å². The van der Waals surface area contributed by atoms with Crippen molar-refractivity contribution in [3.8, 4) is 0 Å². The summed E-state index contributed by atoms with van der Waals surface area (Å²) in [4.78, 5) is 19.1. The highest BCUT2D eigenvalue weighted by molar-refractivity contribution is 7.08. The summed E-state index contributed by atoms with van der Waals surface area (Å²) < 4.78 is 13.1. The number of hydrogen-bond acceptors (Lipinski definition) is 3. The maximum atomic E-state index is 13.1. The molecule has 0 aliphatic heterocycles. The zero-order chi connectivity index (χ0) is 13.9. The second kappa shape index (κ2) is 5.42. The molecule has 0 fully saturated rings. The van der Waals surface area contributed by atoms with Gasteiger partial charge in [-0.2, -0.15) is 11.3 Å². The third-order valence-electron chi connectivity index (χ3n) is 2.92. The van der Waals surface area contributed by atoms with E-state index >= 15 is 0 Å². The normalized spacial score (nSPS) is 10.8. The molecule has 0 saturated heterocycles. The molecule has 0 saturated carbocycles. The number of amides is 1. The monoisotopic (exact) mass is 289 g/mol. The summed E-state index contributed by atoms with van der Waals surface area (Å²) >= 11 is 1.49. The van der Waals surface area contributed by atoms with Crippen LogP contribution in [-0.2, 0) is 6.42 Å². The van der Waals surface area contributed by atoms with Crippen molar-refractivity contribution in [1.29, 1.82) is 0 Å². The lowest BCUT2D eigenvalue weighted by atomic mass is 10.3. The molecule has 1 amide bonds. The first kappa shape index (κ1) is 12.8. The summed E-state index contributed by atoms with van der Waals surface area (Å²) in [5.74, 6) is 0.350. The first-order valence-corrected chi connectivity index (χ1v) is 7.11. The van der Waals surface area contributed by atoms with Crippen molar-refractivity contribution in [3.63, 3.8) is 0 Å². The van der Waals surface area contributed by atoms with E-state index in [2.05, 4.69) is 15.3 Å². The van der Waals surface area contributed by atoms with Gasteiger partial charge in [0, 0.05) is 23.9 Å². The first-order valence-electron chi connectivity index (χ1n) is 6.17. The Balaban J connectivity index is 1.61. The van der Waals surface area contributed by atoms with Crippen LogP contribution in [0.25, 0.3) is 11.0 Å². The number of fused-ring (bicyclic) bond motifs is 1. The second-order valence-corrected chi connectivity index (χ2v) is 5.14. The van der Waals surface area contributed by atoms with Gasteiger partial charge in [-0.3, -0.25) is 4.79 Å². The molecule has 0 aliphatic carbocycles. The zero-order valence-electron chi connectivity index (χ0n) is 10.5. The number of hydrogen-bond donors (Lipinski definition) is 2. The standard InChI is InChI=1S/C14H12FN3OS/c15-10-1-2-11-12(7-10)18-13(17-11)3-5-16-14(19)9-4-6-20-8-9/h1-2,4,6-8H,3,5H2,(H,16,19)(H,17,18). The number of aromatic amines is 1. The number of rotatable bonds is 4. The Morgan fingerprint density at radius 1 is 1.40 bits per heavy atom. The van der Waals surface area contributed by atoms with Crippen LogP contribution >= 0.6 is 11.3 Å². The van der Waals surface area contributed by atoms with Crippen LogP contribution in [0.15, 0.2) is 35.0 Å². The van der Waals surface area contributed by atoms with Gasteiger partial charge in [-0.15, -0.1) is 0 Å². The minimum absolute atomic E-state index is 0.0894. The van der Waals surface area contributed by atoms with Crippen molar-refractivity contribution in [2.45, 2.75) is 6.42 Å². The van der Waals surface area contributed by atoms with Crippen LogP contribution in [-0.4, -0.2) is 22.4 Å². The summed E-state index contributed by atoms with van der Waals surface area (Å²) in [5.41, 5.74) is 2.07. The fraction of sp³-hybridized carbons (Fsp3) is 0.143. The van der Waals surface area contributed by atoms with E-state index in [0.29, 0.717) is 24.0 Å². The number of thiophene rings is 1. The van der Waals surface area contributed by atoms with Crippen LogP contribution < -0.4 is 5.32 Å². The van der Waals surface area contributed by atoms with Gasteiger partial charge in [-0.25, -0.2) is 9.37 Å². The lowest BCUT2D eigenvalue weighted by molar-refractivity contribution is 0.0954. The van der Waals surface area contributed by atoms with Gasteiger partial charge in [0.2, 0.25) is 0 Å². The predicted molar refractivity (Wildman–Crippen MR) is 76.4 cm³/mol. The lowest BCUT2D eigenvalue weighted by Crippen LogP contribution is -2.25. The van der Waals surface area contributed by atoms with Gasteiger partial charge in [0.1, 0.15) is 11.6 Å². The van der Waals surface area contributed by atoms with Gasteiger partial charge in [0.05, 0.1) is 11.0 Å². The van der Waals surface area contributed by atoms with E-state index in [1.54, 1.807) is 17.5 Å². The van der Waals surface area contributed by atoms with Crippen molar-refractivity contribution < 1.29 is 9.18 Å². The third-order valence-corrected chi connectivity index (χ3v) is 3.61. The van der Waals surface area contributed by atoms with Crippen LogP contribution in [0.4, 0.5) is 4.39 Å². The molecule has 0 bridgehead atoms. The fourth-order valence-electron chi connectivity index (χ4n) is 1.94. The minimum atomic E-state index is -0.293. The quantitative estimate of drug-likeness (QED) is 0.776. The first-order chi connectivity index (χ1) is 9.72. The van der Waals surface area contributed by atoms with Crippen molar-refractivity contribution in [1.82, 2.24) is 15.3 Å². The van der Waals surface area contributed by atoms with Gasteiger partial charge < -0.3 is 10.3 Å². The summed E-state index contributed by atoms with van der Waals surface area (Å²) in [6.45, 7) is 0.483. The molecule has 2 aromatic heterocycles. The van der Waals surface area contributed by atoms with E-state index in [0.717, 1.165) is 11.3 Å². The SMILES string of the molecule is O=C(NCCc1nc2ccc(F)cc2[nH]1)c1ccsc1. The molecular formula is C14H12FN3OS. The Labute approximate surface area is 118 Å². The summed E-state index contributed by atoms with van der Waals surface area (Å²) in [6, 6.07) is 6.21. The molecular weight excluding hydrogens is 277 g/mol. The third kappa shape index (κ3) is 2.70. The molecule has 3 rings (SSSR count). The van der Waals surface area contributed by atoms with E-state index in [9.17, 15) is 9.18 Å². The van der Waals surface area contributed by atoms with E-state index in [-0.39, 0.29) is 11.7 Å². The Kier molecular flexibility index (Phi) is 3.47. The highest BCUT2D eigenvalue weighted by atomic mass is 32.1. The number of nitrogens with zero attached hydrogens (tertiary/aromatic N) is 1. The number of benzene rings is 1. The highest BCUT2D eigenvalue weighted by Gasteiger charge is 2.07. The predicted octanol–water partition coefficient (Wildman–Crippen LogP) is 2.74. The number of halogens is 1. The Morgan fingerprint density at radius 2 is 2.30 bits per heavy atom. The van der Waals surface area contributed by atoms with Crippen molar-refractivity contribution in [3.05, 3.63) is 52.2 Å². The van der Waals surface area contributed by atoms with Crippen molar-refractivity contribution >= 4 is 28.3 Å². The maximum Gasteiger partial charge on any atom is 0.252 e. The number of aromatic nitrogens is 2. The average Bonchev–Trinajstić information content (AvgIpc) is 3.06. The van der Waals surface area contributed by atoms with Gasteiger partial charge in [-0.05, 0) is 29.6 Å². The van der Waals surface area contributed by atoms with Gasteiger partial charge in [0.15, 0.2) is 0 Å². The number of imidazole rings is 1. The van der Waals surface area contributed by atoms with Crippen molar-refractivity contribution in [2.24, 2.45) is 0 Å². The molecule has 2 N–H and O–H groups in total. The zero-order valence-corrected chi connectivity index (χ0v) is 11.3. The molecule has 0 spiro atoms. The van der Waals surface area contributed by atoms with Gasteiger partial charge in [0.25, 0.3) is 5.91 Å². The molecule has 102 valence electrons. The molecule has 2 heterocycles. The smallest absolute Gasteiger partial charge is 0.252 e. The molecule has 1 aromatic carbocycles. The van der Waals surface area contributed by atoms with Gasteiger partial charge >= 0.3 is 0 Å². The molecule has 0 aliphatic rings. The average molecular weight is 289 g/mol.